The summed E-state index contributed by atoms with van der Waals surface area (Å²) < 4.78 is 28.9. The SMILES string of the molecule is CC(=O)OC[C@@]1(C)[C@H](C(=O)O)N2C(=O)/C(=C/c3ccccn3)[C@H]2S1(=O)=O.[Na]. The molecule has 1 N–H and O–H groups in total. The van der Waals surface area contributed by atoms with Gasteiger partial charge in [0.2, 0.25) is 0 Å². The van der Waals surface area contributed by atoms with Crippen molar-refractivity contribution in [1.29, 1.82) is 0 Å². The van der Waals surface area contributed by atoms with Gasteiger partial charge in [-0.2, -0.15) is 0 Å². The molecule has 139 valence electrons. The summed E-state index contributed by atoms with van der Waals surface area (Å²) in [6, 6.07) is 3.29. The van der Waals surface area contributed by atoms with Crippen LogP contribution in [0.25, 0.3) is 6.08 Å². The molecular formula is C16H16N2NaO7S. The number of carboxylic acid groups (broad SMARTS) is 1. The molecular weight excluding hydrogens is 387 g/mol. The van der Waals surface area contributed by atoms with E-state index in [0.29, 0.717) is 5.69 Å². The number of carbonyl (C=O) groups is 3. The molecule has 1 aromatic heterocycles. The van der Waals surface area contributed by atoms with Crippen molar-refractivity contribution >= 4 is 63.3 Å². The van der Waals surface area contributed by atoms with Gasteiger partial charge in [0.1, 0.15) is 11.4 Å². The number of carbonyl (C=O) groups excluding carboxylic acids is 2. The van der Waals surface area contributed by atoms with Gasteiger partial charge < -0.3 is 14.7 Å². The summed E-state index contributed by atoms with van der Waals surface area (Å²) in [4.78, 5) is 40.1. The van der Waals surface area contributed by atoms with E-state index in [9.17, 15) is 27.9 Å². The molecule has 9 nitrogen and oxygen atoms in total. The molecule has 0 unspecified atom stereocenters. The van der Waals surface area contributed by atoms with Crippen LogP contribution in [0.1, 0.15) is 19.5 Å². The van der Waals surface area contributed by atoms with Gasteiger partial charge >= 0.3 is 11.9 Å². The Bertz CT molecular complexity index is 931. The number of amides is 1. The van der Waals surface area contributed by atoms with Crippen LogP contribution in [0.15, 0.2) is 30.0 Å². The Morgan fingerprint density at radius 1 is 1.41 bits per heavy atom. The zero-order valence-corrected chi connectivity index (χ0v) is 17.8. The third kappa shape index (κ3) is 3.20. The summed E-state index contributed by atoms with van der Waals surface area (Å²) >= 11 is 0. The summed E-state index contributed by atoms with van der Waals surface area (Å²) in [6.45, 7) is 1.61. The molecule has 3 rings (SSSR count). The van der Waals surface area contributed by atoms with E-state index in [-0.39, 0.29) is 35.1 Å². The van der Waals surface area contributed by atoms with Crippen LogP contribution in [0.5, 0.6) is 0 Å². The summed E-state index contributed by atoms with van der Waals surface area (Å²) in [6.07, 6.45) is 2.82. The van der Waals surface area contributed by atoms with E-state index < -0.39 is 50.5 Å². The molecule has 2 fully saturated rings. The fourth-order valence-corrected chi connectivity index (χ4v) is 5.54. The first kappa shape index (κ1) is 21.5. The maximum atomic E-state index is 13.0. The second-order valence-electron chi connectivity index (χ2n) is 6.30. The van der Waals surface area contributed by atoms with Gasteiger partial charge in [0, 0.05) is 42.7 Å². The number of sulfone groups is 1. The van der Waals surface area contributed by atoms with E-state index in [0.717, 1.165) is 11.8 Å². The molecule has 3 heterocycles. The minimum Gasteiger partial charge on any atom is -0.480 e. The van der Waals surface area contributed by atoms with Crippen LogP contribution in [-0.4, -0.2) is 93.6 Å². The van der Waals surface area contributed by atoms with Crippen LogP contribution in [-0.2, 0) is 29.0 Å². The van der Waals surface area contributed by atoms with Crippen molar-refractivity contribution in [2.45, 2.75) is 30.0 Å². The Morgan fingerprint density at radius 2 is 2.07 bits per heavy atom. The van der Waals surface area contributed by atoms with Gasteiger partial charge in [0.15, 0.2) is 21.3 Å². The molecule has 1 radical (unpaired) electrons. The van der Waals surface area contributed by atoms with E-state index in [1.54, 1.807) is 18.2 Å². The minimum absolute atomic E-state index is 0. The maximum Gasteiger partial charge on any atom is 0.328 e. The first-order valence-electron chi connectivity index (χ1n) is 7.66. The fraction of sp³-hybridized carbons (Fsp3) is 0.375. The van der Waals surface area contributed by atoms with Crippen LogP contribution >= 0.6 is 0 Å². The third-order valence-corrected chi connectivity index (χ3v) is 7.30. The van der Waals surface area contributed by atoms with Gasteiger partial charge in [0.25, 0.3) is 5.91 Å². The van der Waals surface area contributed by atoms with Gasteiger partial charge in [-0.1, -0.05) is 6.07 Å². The maximum absolute atomic E-state index is 13.0. The van der Waals surface area contributed by atoms with Crippen molar-refractivity contribution < 1.29 is 32.6 Å². The predicted molar refractivity (Wildman–Crippen MR) is 94.0 cm³/mol. The molecule has 2 aliphatic rings. The number of pyridine rings is 1. The van der Waals surface area contributed by atoms with Gasteiger partial charge in [-0.05, 0) is 25.1 Å². The topological polar surface area (TPSA) is 131 Å². The number of aliphatic carboxylic acids is 1. The number of hydrogen-bond acceptors (Lipinski definition) is 7. The molecule has 0 saturated carbocycles. The average molecular weight is 403 g/mol. The van der Waals surface area contributed by atoms with Gasteiger partial charge in [-0.3, -0.25) is 14.6 Å². The van der Waals surface area contributed by atoms with Gasteiger partial charge in [0.05, 0.1) is 11.3 Å². The first-order chi connectivity index (χ1) is 12.1. The largest absolute Gasteiger partial charge is 0.480 e. The second-order valence-corrected chi connectivity index (χ2v) is 8.77. The van der Waals surface area contributed by atoms with E-state index in [4.69, 9.17) is 4.74 Å². The standard InChI is InChI=1S/C16H16N2O7S.Na/c1-9(19)25-8-16(2)12(15(21)22)18-13(20)11(14(18)26(16,23)24)7-10-5-3-4-6-17-10;/h3-7,12,14H,8H2,1-2H3,(H,21,22);/b11-7-;/t12-,14+,16-;/m0./s1. The second kappa shape index (κ2) is 7.34. The monoisotopic (exact) mass is 403 g/mol. The molecule has 0 spiro atoms. The summed E-state index contributed by atoms with van der Waals surface area (Å²) in [5, 5.41) is 8.13. The Morgan fingerprint density at radius 3 is 2.59 bits per heavy atom. The number of β-lactam (4-membered cyclic amide) rings is 1. The molecule has 0 aliphatic carbocycles. The van der Waals surface area contributed by atoms with Crippen LogP contribution in [0.2, 0.25) is 0 Å². The molecule has 1 aromatic rings. The number of rotatable bonds is 4. The summed E-state index contributed by atoms with van der Waals surface area (Å²) in [5.41, 5.74) is 0.327. The number of fused-ring (bicyclic) bond motifs is 1. The number of hydrogen-bond donors (Lipinski definition) is 1. The summed E-state index contributed by atoms with van der Waals surface area (Å²) in [5.74, 6) is -2.91. The van der Waals surface area contributed by atoms with E-state index >= 15 is 0 Å². The molecule has 11 heteroatoms. The van der Waals surface area contributed by atoms with Crippen molar-refractivity contribution in [1.82, 2.24) is 9.88 Å². The molecule has 3 atom stereocenters. The number of nitrogens with zero attached hydrogens (tertiary/aromatic N) is 2. The normalized spacial score (nSPS) is 29.5. The smallest absolute Gasteiger partial charge is 0.328 e. The zero-order valence-electron chi connectivity index (χ0n) is 14.9. The molecule has 0 aromatic carbocycles. The molecule has 27 heavy (non-hydrogen) atoms. The Labute approximate surface area is 177 Å². The number of carboxylic acids is 1. The predicted octanol–water partition coefficient (Wildman–Crippen LogP) is -0.544. The van der Waals surface area contributed by atoms with Crippen LogP contribution in [0, 0.1) is 0 Å². The van der Waals surface area contributed by atoms with Crippen LogP contribution in [0.4, 0.5) is 0 Å². The van der Waals surface area contributed by atoms with Crippen molar-refractivity contribution in [3.63, 3.8) is 0 Å². The Balaban J connectivity index is 0.00000261. The Hall–Kier alpha value is -1.75. The van der Waals surface area contributed by atoms with E-state index in [1.807, 2.05) is 0 Å². The van der Waals surface area contributed by atoms with Crippen molar-refractivity contribution in [2.24, 2.45) is 0 Å². The van der Waals surface area contributed by atoms with Crippen LogP contribution in [0.3, 0.4) is 0 Å². The Kier molecular flexibility index (Phi) is 5.86. The fourth-order valence-electron chi connectivity index (χ4n) is 3.26. The number of aromatic nitrogens is 1. The summed E-state index contributed by atoms with van der Waals surface area (Å²) in [7, 11) is -4.17. The van der Waals surface area contributed by atoms with Gasteiger partial charge in [-0.15, -0.1) is 0 Å². The van der Waals surface area contributed by atoms with E-state index in [1.165, 1.54) is 19.2 Å². The number of ether oxygens (including phenoxy) is 1. The van der Waals surface area contributed by atoms with Crippen molar-refractivity contribution in [3.8, 4) is 0 Å². The number of esters is 1. The van der Waals surface area contributed by atoms with Crippen molar-refractivity contribution in [3.05, 3.63) is 35.7 Å². The zero-order chi connectivity index (χ0) is 19.3. The average Bonchev–Trinajstić information content (AvgIpc) is 2.74. The first-order valence-corrected chi connectivity index (χ1v) is 9.21. The van der Waals surface area contributed by atoms with Crippen molar-refractivity contribution in [2.75, 3.05) is 6.61 Å². The minimum atomic E-state index is -4.17. The van der Waals surface area contributed by atoms with Crippen LogP contribution < -0.4 is 0 Å². The molecule has 2 aliphatic heterocycles. The van der Waals surface area contributed by atoms with Gasteiger partial charge in [-0.25, -0.2) is 13.2 Å². The molecule has 2 saturated heterocycles. The third-order valence-electron chi connectivity index (χ3n) is 4.59. The quantitative estimate of drug-likeness (QED) is 0.307. The molecule has 1 amide bonds. The molecule has 0 bridgehead atoms. The van der Waals surface area contributed by atoms with E-state index in [2.05, 4.69) is 4.98 Å².